The lowest BCUT2D eigenvalue weighted by atomic mass is 10.4. The number of aromatic nitrogens is 4. The Labute approximate surface area is 190 Å². The monoisotopic (exact) mass is 502 g/mol. The Kier molecular flexibility index (Phi) is 10.2. The van der Waals surface area contributed by atoms with Gasteiger partial charge in [-0.1, -0.05) is 0 Å². The summed E-state index contributed by atoms with van der Waals surface area (Å²) in [6, 6.07) is 2.56. The van der Waals surface area contributed by atoms with Gasteiger partial charge in [0, 0.05) is 12.1 Å². The van der Waals surface area contributed by atoms with Crippen molar-refractivity contribution >= 4 is 11.8 Å². The lowest BCUT2D eigenvalue weighted by molar-refractivity contribution is -0.138. The molecule has 16 heteroatoms. The normalized spacial score (nSPS) is 11.4. The van der Waals surface area contributed by atoms with Gasteiger partial charge in [-0.05, 0) is 6.92 Å². The lowest BCUT2D eigenvalue weighted by Crippen LogP contribution is -2.15. The predicted molar refractivity (Wildman–Crippen MR) is 106 cm³/mol. The minimum absolute atomic E-state index is 0.0733. The first-order valence-electron chi connectivity index (χ1n) is 9.59. The molecule has 2 aromatic heterocycles. The summed E-state index contributed by atoms with van der Waals surface area (Å²) >= 11 is 0. The highest BCUT2D eigenvalue weighted by molar-refractivity contribution is 5.93. The van der Waals surface area contributed by atoms with Gasteiger partial charge in [0.1, 0.15) is 11.5 Å². The number of nitrogens with two attached hydrogens (primary N) is 1. The summed E-state index contributed by atoms with van der Waals surface area (Å²) < 4.78 is 88.6. The van der Waals surface area contributed by atoms with E-state index < -0.39 is 37.7 Å². The number of carbonyl (C=O) groups is 1. The van der Waals surface area contributed by atoms with Gasteiger partial charge < -0.3 is 19.9 Å². The maximum absolute atomic E-state index is 12.1. The fourth-order valence-corrected chi connectivity index (χ4v) is 2.35. The van der Waals surface area contributed by atoms with E-state index in [1.54, 1.807) is 6.92 Å². The molecule has 0 unspecified atom stereocenters. The average molecular weight is 502 g/mol. The fourth-order valence-electron chi connectivity index (χ4n) is 2.35. The van der Waals surface area contributed by atoms with Gasteiger partial charge in [-0.15, -0.1) is 0 Å². The van der Waals surface area contributed by atoms with E-state index in [0.717, 1.165) is 9.36 Å². The highest BCUT2D eigenvalue weighted by atomic mass is 19.4. The number of nitrogens with one attached hydrogen (secondary N) is 1. The summed E-state index contributed by atoms with van der Waals surface area (Å²) in [6.07, 6.45) is -10.6. The van der Waals surface area contributed by atoms with Crippen LogP contribution in [0.25, 0.3) is 0 Å². The Morgan fingerprint density at radius 3 is 1.71 bits per heavy atom. The van der Waals surface area contributed by atoms with Crippen LogP contribution in [0, 0.1) is 5.41 Å². The summed E-state index contributed by atoms with van der Waals surface area (Å²) in [4.78, 5) is 11.4. The van der Waals surface area contributed by atoms with Crippen LogP contribution < -0.4 is 15.2 Å². The van der Waals surface area contributed by atoms with Gasteiger partial charge in [0.2, 0.25) is 11.8 Å². The molecule has 2 rings (SSSR count). The van der Waals surface area contributed by atoms with E-state index in [9.17, 15) is 31.1 Å². The third-order valence-electron chi connectivity index (χ3n) is 3.88. The van der Waals surface area contributed by atoms with Gasteiger partial charge in [0.25, 0.3) is 0 Å². The first kappa shape index (κ1) is 28.6. The van der Waals surface area contributed by atoms with Crippen molar-refractivity contribution in [2.24, 2.45) is 5.73 Å². The third kappa shape index (κ3) is 9.58. The highest BCUT2D eigenvalue weighted by Crippen LogP contribution is 2.23. The molecule has 2 aromatic rings. The van der Waals surface area contributed by atoms with E-state index in [-0.39, 0.29) is 42.1 Å². The summed E-state index contributed by atoms with van der Waals surface area (Å²) in [5.74, 6) is -0.776. The summed E-state index contributed by atoms with van der Waals surface area (Å²) in [6.45, 7) is 1.01. The zero-order valence-corrected chi connectivity index (χ0v) is 18.5. The van der Waals surface area contributed by atoms with Gasteiger partial charge in [-0.2, -0.15) is 36.5 Å². The Morgan fingerprint density at radius 1 is 0.941 bits per heavy atom. The van der Waals surface area contributed by atoms with Crippen LogP contribution in [-0.2, 0) is 17.8 Å². The number of carbonyl (C=O) groups excluding carboxylic acids is 1. The molecule has 0 aliphatic rings. The van der Waals surface area contributed by atoms with Crippen molar-refractivity contribution in [2.45, 2.75) is 45.2 Å². The van der Waals surface area contributed by atoms with Crippen molar-refractivity contribution < 1.29 is 45.3 Å². The number of halogens is 6. The van der Waals surface area contributed by atoms with Crippen molar-refractivity contribution in [2.75, 3.05) is 20.8 Å². The first-order valence-corrected chi connectivity index (χ1v) is 9.59. The molecule has 10 nitrogen and oxygen atoms in total. The third-order valence-corrected chi connectivity index (χ3v) is 3.88. The number of alkyl halides is 6. The molecule has 0 saturated heterocycles. The minimum Gasteiger partial charge on any atom is -0.481 e. The van der Waals surface area contributed by atoms with Gasteiger partial charge in [0.05, 0.1) is 46.8 Å². The summed E-state index contributed by atoms with van der Waals surface area (Å²) in [5, 5.41) is 14.5. The standard InChI is InChI=1S/C10H13F3N2O3.C8H11F3N4O/c1-3-18-9(16)7-6-8(17-2)15(14-7)5-4-10(11,12)13;1-16-6-4-5(7(12)13)14-15(6)3-2-8(9,10)11/h6H,3-5H2,1-2H3;4H,2-3H2,1H3,(H3,12,13). The smallest absolute Gasteiger partial charge is 0.390 e. The SMILES string of the molecule is CCOC(=O)c1cc(OC)n(CCC(F)(F)F)n1.COc1cc(C(=N)N)nn1CCC(F)(F)F. The second kappa shape index (κ2) is 12.1. The molecule has 2 heterocycles. The molecule has 192 valence electrons. The lowest BCUT2D eigenvalue weighted by Gasteiger charge is -2.08. The average Bonchev–Trinajstić information content (AvgIpc) is 3.34. The second-order valence-corrected chi connectivity index (χ2v) is 6.45. The van der Waals surface area contributed by atoms with Gasteiger partial charge in [-0.3, -0.25) is 5.41 Å². The molecule has 0 aliphatic carbocycles. The van der Waals surface area contributed by atoms with Crippen molar-refractivity contribution in [3.8, 4) is 11.8 Å². The zero-order valence-electron chi connectivity index (χ0n) is 18.5. The Balaban J connectivity index is 0.000000342. The van der Waals surface area contributed by atoms with Gasteiger partial charge in [-0.25, -0.2) is 14.2 Å². The minimum atomic E-state index is -4.29. The Bertz CT molecular complexity index is 954. The number of amidine groups is 1. The van der Waals surface area contributed by atoms with Crippen LogP contribution in [0.1, 0.15) is 35.9 Å². The van der Waals surface area contributed by atoms with Crippen LogP contribution in [0.5, 0.6) is 11.8 Å². The number of nitrogen functional groups attached to an aromatic ring is 1. The van der Waals surface area contributed by atoms with Crippen molar-refractivity contribution in [1.82, 2.24) is 19.6 Å². The van der Waals surface area contributed by atoms with Crippen LogP contribution in [0.3, 0.4) is 0 Å². The number of methoxy groups -OCH3 is 2. The molecule has 0 spiro atoms. The van der Waals surface area contributed by atoms with E-state index in [1.165, 1.54) is 26.4 Å². The fraction of sp³-hybridized carbons (Fsp3) is 0.556. The maximum atomic E-state index is 12.1. The number of hydrogen-bond donors (Lipinski definition) is 2. The zero-order chi connectivity index (χ0) is 26.1. The van der Waals surface area contributed by atoms with E-state index in [0.29, 0.717) is 0 Å². The number of aryl methyl sites for hydroxylation is 2. The highest BCUT2D eigenvalue weighted by Gasteiger charge is 2.28. The Morgan fingerprint density at radius 2 is 1.35 bits per heavy atom. The largest absolute Gasteiger partial charge is 0.481 e. The van der Waals surface area contributed by atoms with E-state index >= 15 is 0 Å². The van der Waals surface area contributed by atoms with E-state index in [2.05, 4.69) is 10.2 Å². The van der Waals surface area contributed by atoms with E-state index in [1.807, 2.05) is 0 Å². The molecule has 0 aromatic carbocycles. The number of ether oxygens (including phenoxy) is 3. The van der Waals surface area contributed by atoms with Crippen molar-refractivity contribution in [3.63, 3.8) is 0 Å². The first-order chi connectivity index (χ1) is 15.7. The maximum Gasteiger partial charge on any atom is 0.390 e. The number of hydrogen-bond acceptors (Lipinski definition) is 7. The number of nitrogens with zero attached hydrogens (tertiary/aromatic N) is 4. The summed E-state index contributed by atoms with van der Waals surface area (Å²) in [7, 11) is 2.60. The van der Waals surface area contributed by atoms with Crippen LogP contribution in [0.2, 0.25) is 0 Å². The van der Waals surface area contributed by atoms with Crippen molar-refractivity contribution in [1.29, 1.82) is 5.41 Å². The topological polar surface area (TPSA) is 130 Å². The molecule has 0 aliphatic heterocycles. The molecule has 0 amide bonds. The van der Waals surface area contributed by atoms with Crippen molar-refractivity contribution in [3.05, 3.63) is 23.5 Å². The molecule has 0 saturated carbocycles. The molecule has 0 bridgehead atoms. The van der Waals surface area contributed by atoms with Crippen LogP contribution in [0.4, 0.5) is 26.3 Å². The molecule has 0 radical (unpaired) electrons. The van der Waals surface area contributed by atoms with Crippen LogP contribution in [-0.4, -0.2) is 64.5 Å². The second-order valence-electron chi connectivity index (χ2n) is 6.45. The molecule has 34 heavy (non-hydrogen) atoms. The molecule has 0 atom stereocenters. The molecular weight excluding hydrogens is 478 g/mol. The van der Waals surface area contributed by atoms with Crippen LogP contribution >= 0.6 is 0 Å². The van der Waals surface area contributed by atoms with Gasteiger partial charge >= 0.3 is 18.3 Å². The Hall–Kier alpha value is -3.46. The summed E-state index contributed by atoms with van der Waals surface area (Å²) in [5.41, 5.74) is 5.19. The number of esters is 1. The quantitative estimate of drug-likeness (QED) is 0.233. The predicted octanol–water partition coefficient (Wildman–Crippen LogP) is 3.15. The van der Waals surface area contributed by atoms with Gasteiger partial charge in [0.15, 0.2) is 5.69 Å². The molecule has 3 N–H and O–H groups in total. The molecule has 0 fully saturated rings. The van der Waals surface area contributed by atoms with Crippen LogP contribution in [0.15, 0.2) is 12.1 Å². The number of rotatable bonds is 9. The molecular formula is C18H24F6N6O4. The van der Waals surface area contributed by atoms with E-state index in [4.69, 9.17) is 25.4 Å².